The molecule has 0 bridgehead atoms. The quantitative estimate of drug-likeness (QED) is 0.649. The van der Waals surface area contributed by atoms with Crippen LogP contribution >= 0.6 is 0 Å². The monoisotopic (exact) mass is 271 g/mol. The third-order valence-electron chi connectivity index (χ3n) is 3.58. The summed E-state index contributed by atoms with van der Waals surface area (Å²) >= 11 is 0. The molecule has 0 radical (unpaired) electrons. The first kappa shape index (κ1) is 12.5. The molecule has 6 heteroatoms. The first-order chi connectivity index (χ1) is 9.69. The summed E-state index contributed by atoms with van der Waals surface area (Å²) in [4.78, 5) is 6.54. The number of methoxy groups -OCH3 is 1. The average molecular weight is 271 g/mol. The number of imidazole rings is 1. The molecule has 0 spiro atoms. The third kappa shape index (κ3) is 2.09. The Bertz CT molecular complexity index is 649. The van der Waals surface area contributed by atoms with Gasteiger partial charge in [-0.05, 0) is 12.1 Å². The second kappa shape index (κ2) is 4.88. The standard InChI is InChI=1S/C14H17N5O/c1-20-10-2-3-11(14(15)16)12(8-10)19-7-6-18-5-4-17-13(18)9-19/h2-5,8H,6-7,9H2,1H3,(H3,15,16). The fourth-order valence-corrected chi connectivity index (χ4v) is 2.51. The third-order valence-corrected chi connectivity index (χ3v) is 3.58. The van der Waals surface area contributed by atoms with Crippen LogP contribution in [-0.4, -0.2) is 29.0 Å². The summed E-state index contributed by atoms with van der Waals surface area (Å²) in [5, 5.41) is 7.73. The molecule has 0 atom stereocenters. The number of amidine groups is 1. The maximum Gasteiger partial charge on any atom is 0.128 e. The van der Waals surface area contributed by atoms with Crippen LogP contribution in [0.2, 0.25) is 0 Å². The lowest BCUT2D eigenvalue weighted by molar-refractivity contribution is 0.414. The Hall–Kier alpha value is -2.50. The number of nitrogens with one attached hydrogen (secondary N) is 1. The van der Waals surface area contributed by atoms with E-state index < -0.39 is 0 Å². The fourth-order valence-electron chi connectivity index (χ4n) is 2.51. The normalized spacial score (nSPS) is 13.9. The molecule has 1 aromatic heterocycles. The van der Waals surface area contributed by atoms with Gasteiger partial charge in [-0.3, -0.25) is 5.41 Å². The largest absolute Gasteiger partial charge is 0.497 e. The number of hydrogen-bond acceptors (Lipinski definition) is 4. The van der Waals surface area contributed by atoms with Gasteiger partial charge in [-0.2, -0.15) is 0 Å². The maximum atomic E-state index is 7.73. The summed E-state index contributed by atoms with van der Waals surface area (Å²) in [7, 11) is 1.63. The number of hydrogen-bond donors (Lipinski definition) is 2. The first-order valence-corrected chi connectivity index (χ1v) is 6.46. The van der Waals surface area contributed by atoms with Crippen LogP contribution in [0.25, 0.3) is 0 Å². The van der Waals surface area contributed by atoms with Gasteiger partial charge in [0.05, 0.1) is 19.3 Å². The molecule has 0 amide bonds. The molecule has 3 N–H and O–H groups in total. The van der Waals surface area contributed by atoms with Crippen molar-refractivity contribution in [3.8, 4) is 5.75 Å². The second-order valence-corrected chi connectivity index (χ2v) is 4.76. The topological polar surface area (TPSA) is 80.2 Å². The summed E-state index contributed by atoms with van der Waals surface area (Å²) < 4.78 is 7.42. The van der Waals surface area contributed by atoms with E-state index in [9.17, 15) is 0 Å². The van der Waals surface area contributed by atoms with Crippen LogP contribution < -0.4 is 15.4 Å². The number of ether oxygens (including phenoxy) is 1. The van der Waals surface area contributed by atoms with E-state index in [0.29, 0.717) is 6.54 Å². The fraction of sp³-hybridized carbons (Fsp3) is 0.286. The van der Waals surface area contributed by atoms with Gasteiger partial charge >= 0.3 is 0 Å². The van der Waals surface area contributed by atoms with Crippen LogP contribution in [0.4, 0.5) is 5.69 Å². The van der Waals surface area contributed by atoms with Crippen LogP contribution in [0.5, 0.6) is 5.75 Å². The molecule has 0 unspecified atom stereocenters. The summed E-state index contributed by atoms with van der Waals surface area (Å²) in [6.07, 6.45) is 3.81. The zero-order valence-electron chi connectivity index (χ0n) is 11.3. The highest BCUT2D eigenvalue weighted by atomic mass is 16.5. The number of nitrogens with two attached hydrogens (primary N) is 1. The van der Waals surface area contributed by atoms with Crippen LogP contribution in [0.1, 0.15) is 11.4 Å². The van der Waals surface area contributed by atoms with Crippen molar-refractivity contribution in [3.63, 3.8) is 0 Å². The zero-order valence-corrected chi connectivity index (χ0v) is 11.3. The van der Waals surface area contributed by atoms with Crippen LogP contribution in [0.3, 0.4) is 0 Å². The lowest BCUT2D eigenvalue weighted by atomic mass is 10.1. The molecule has 1 aromatic carbocycles. The molecule has 0 aliphatic carbocycles. The number of nitrogens with zero attached hydrogens (tertiary/aromatic N) is 3. The Morgan fingerprint density at radius 3 is 3.00 bits per heavy atom. The molecular weight excluding hydrogens is 254 g/mol. The predicted octanol–water partition coefficient (Wildman–Crippen LogP) is 1.20. The first-order valence-electron chi connectivity index (χ1n) is 6.46. The molecule has 1 aliphatic heterocycles. The molecule has 20 heavy (non-hydrogen) atoms. The van der Waals surface area contributed by atoms with Crippen molar-refractivity contribution in [2.75, 3.05) is 18.6 Å². The Morgan fingerprint density at radius 2 is 2.25 bits per heavy atom. The summed E-state index contributed by atoms with van der Waals surface area (Å²) in [6, 6.07) is 5.58. The van der Waals surface area contributed by atoms with Crippen molar-refractivity contribution >= 4 is 11.5 Å². The van der Waals surface area contributed by atoms with E-state index in [0.717, 1.165) is 35.9 Å². The van der Waals surface area contributed by atoms with Crippen LogP contribution in [-0.2, 0) is 13.1 Å². The van der Waals surface area contributed by atoms with E-state index in [1.54, 1.807) is 7.11 Å². The molecule has 3 rings (SSSR count). The maximum absolute atomic E-state index is 7.73. The van der Waals surface area contributed by atoms with Crippen LogP contribution in [0.15, 0.2) is 30.6 Å². The van der Waals surface area contributed by atoms with Gasteiger partial charge in [-0.1, -0.05) is 0 Å². The van der Waals surface area contributed by atoms with Crippen molar-refractivity contribution < 1.29 is 4.74 Å². The lowest BCUT2D eigenvalue weighted by Gasteiger charge is -2.31. The highest BCUT2D eigenvalue weighted by Gasteiger charge is 2.20. The smallest absolute Gasteiger partial charge is 0.128 e. The van der Waals surface area contributed by atoms with Gasteiger partial charge in [0.2, 0.25) is 0 Å². The van der Waals surface area contributed by atoms with E-state index in [2.05, 4.69) is 14.5 Å². The summed E-state index contributed by atoms with van der Waals surface area (Å²) in [5.74, 6) is 1.85. The Morgan fingerprint density at radius 1 is 1.40 bits per heavy atom. The Balaban J connectivity index is 1.99. The minimum Gasteiger partial charge on any atom is -0.497 e. The summed E-state index contributed by atoms with van der Waals surface area (Å²) in [5.41, 5.74) is 7.33. The van der Waals surface area contributed by atoms with Gasteiger partial charge in [0.1, 0.15) is 17.4 Å². The van der Waals surface area contributed by atoms with Crippen molar-refractivity contribution in [2.45, 2.75) is 13.1 Å². The lowest BCUT2D eigenvalue weighted by Crippen LogP contribution is -2.35. The van der Waals surface area contributed by atoms with E-state index in [1.807, 2.05) is 30.6 Å². The number of anilines is 1. The van der Waals surface area contributed by atoms with Crippen molar-refractivity contribution in [1.29, 1.82) is 5.41 Å². The minimum atomic E-state index is 0.0663. The SMILES string of the molecule is COc1ccc(C(=N)N)c(N2CCn3ccnc3C2)c1. The van der Waals surface area contributed by atoms with E-state index in [1.165, 1.54) is 0 Å². The van der Waals surface area contributed by atoms with E-state index >= 15 is 0 Å². The van der Waals surface area contributed by atoms with Gasteiger partial charge in [0.25, 0.3) is 0 Å². The molecule has 6 nitrogen and oxygen atoms in total. The van der Waals surface area contributed by atoms with Crippen molar-refractivity contribution in [1.82, 2.24) is 9.55 Å². The van der Waals surface area contributed by atoms with E-state index in [-0.39, 0.29) is 5.84 Å². The number of benzene rings is 1. The minimum absolute atomic E-state index is 0.0663. The second-order valence-electron chi connectivity index (χ2n) is 4.76. The summed E-state index contributed by atoms with van der Waals surface area (Å²) in [6.45, 7) is 2.45. The highest BCUT2D eigenvalue weighted by Crippen LogP contribution is 2.28. The highest BCUT2D eigenvalue weighted by molar-refractivity contribution is 6.00. The number of nitrogen functional groups attached to an aromatic ring is 1. The number of fused-ring (bicyclic) bond motifs is 1. The van der Waals surface area contributed by atoms with E-state index in [4.69, 9.17) is 15.9 Å². The van der Waals surface area contributed by atoms with Crippen molar-refractivity contribution in [2.24, 2.45) is 5.73 Å². The average Bonchev–Trinajstić information content (AvgIpc) is 2.93. The molecule has 0 saturated heterocycles. The van der Waals surface area contributed by atoms with Gasteiger partial charge in [0.15, 0.2) is 0 Å². The van der Waals surface area contributed by atoms with Gasteiger partial charge in [0, 0.05) is 37.1 Å². The molecule has 2 heterocycles. The molecule has 0 saturated carbocycles. The Labute approximate surface area is 117 Å². The molecule has 1 aliphatic rings. The molecular formula is C14H17N5O. The molecule has 0 fully saturated rings. The zero-order chi connectivity index (χ0) is 14.1. The predicted molar refractivity (Wildman–Crippen MR) is 77.3 cm³/mol. The Kier molecular flexibility index (Phi) is 3.06. The van der Waals surface area contributed by atoms with Crippen molar-refractivity contribution in [3.05, 3.63) is 42.0 Å². The van der Waals surface area contributed by atoms with Gasteiger partial charge < -0.3 is 19.9 Å². The number of rotatable bonds is 3. The number of aromatic nitrogens is 2. The van der Waals surface area contributed by atoms with Gasteiger partial charge in [-0.15, -0.1) is 0 Å². The molecule has 2 aromatic rings. The molecule has 104 valence electrons. The van der Waals surface area contributed by atoms with Crippen LogP contribution in [0, 0.1) is 5.41 Å². The van der Waals surface area contributed by atoms with Gasteiger partial charge in [-0.25, -0.2) is 4.98 Å².